The van der Waals surface area contributed by atoms with Gasteiger partial charge in [-0.15, -0.1) is 0 Å². The maximum atomic E-state index is 13.1. The van der Waals surface area contributed by atoms with Crippen LogP contribution in [-0.4, -0.2) is 27.5 Å². The smallest absolute Gasteiger partial charge is 0.254 e. The average molecular weight is 382 g/mol. The van der Waals surface area contributed by atoms with Gasteiger partial charge in [0.25, 0.3) is 5.91 Å². The van der Waals surface area contributed by atoms with E-state index in [9.17, 15) is 4.79 Å². The molecule has 1 saturated heterocycles. The molecule has 2 aromatic carbocycles. The van der Waals surface area contributed by atoms with E-state index in [0.29, 0.717) is 23.3 Å². The van der Waals surface area contributed by atoms with Gasteiger partial charge in [-0.05, 0) is 50.5 Å². The van der Waals surface area contributed by atoms with Crippen molar-refractivity contribution in [3.05, 3.63) is 70.1 Å². The molecule has 0 N–H and O–H groups in total. The summed E-state index contributed by atoms with van der Waals surface area (Å²) in [6.07, 6.45) is 1.73. The molecule has 2 heterocycles. The van der Waals surface area contributed by atoms with Crippen molar-refractivity contribution in [2.75, 3.05) is 6.54 Å². The predicted molar refractivity (Wildman–Crippen MR) is 104 cm³/mol. The minimum Gasteiger partial charge on any atom is -0.337 e. The van der Waals surface area contributed by atoms with Crippen molar-refractivity contribution in [1.29, 1.82) is 0 Å². The van der Waals surface area contributed by atoms with Crippen LogP contribution in [0.2, 0.25) is 5.02 Å². The van der Waals surface area contributed by atoms with E-state index in [1.807, 2.05) is 49.1 Å². The van der Waals surface area contributed by atoms with Crippen LogP contribution in [0.1, 0.15) is 46.3 Å². The van der Waals surface area contributed by atoms with Gasteiger partial charge in [-0.25, -0.2) is 0 Å². The lowest BCUT2D eigenvalue weighted by atomic mass is 10.0. The topological polar surface area (TPSA) is 59.2 Å². The Morgan fingerprint density at radius 2 is 2.07 bits per heavy atom. The zero-order valence-electron chi connectivity index (χ0n) is 15.3. The lowest BCUT2D eigenvalue weighted by Gasteiger charge is -2.22. The summed E-state index contributed by atoms with van der Waals surface area (Å²) in [5, 5.41) is 4.70. The average Bonchev–Trinajstić information content (AvgIpc) is 3.30. The Kier molecular flexibility index (Phi) is 4.70. The van der Waals surface area contributed by atoms with Crippen LogP contribution >= 0.6 is 11.6 Å². The van der Waals surface area contributed by atoms with Gasteiger partial charge in [-0.2, -0.15) is 4.98 Å². The minimum atomic E-state index is -0.196. The molecule has 27 heavy (non-hydrogen) atoms. The molecular formula is C21H20ClN3O2. The van der Waals surface area contributed by atoms with Crippen molar-refractivity contribution in [3.8, 4) is 11.4 Å². The Hall–Kier alpha value is -2.66. The van der Waals surface area contributed by atoms with Crippen molar-refractivity contribution in [3.63, 3.8) is 0 Å². The summed E-state index contributed by atoms with van der Waals surface area (Å²) in [5.41, 5.74) is 3.64. The van der Waals surface area contributed by atoms with Crippen LogP contribution in [0.25, 0.3) is 11.4 Å². The van der Waals surface area contributed by atoms with Crippen LogP contribution in [0.3, 0.4) is 0 Å². The number of aryl methyl sites for hydroxylation is 2. The van der Waals surface area contributed by atoms with E-state index in [1.165, 1.54) is 0 Å². The minimum absolute atomic E-state index is 0.0116. The zero-order valence-corrected chi connectivity index (χ0v) is 16.0. The molecule has 1 amide bonds. The lowest BCUT2D eigenvalue weighted by molar-refractivity contribution is 0.0709. The molecule has 1 aliphatic rings. The van der Waals surface area contributed by atoms with Crippen molar-refractivity contribution in [2.45, 2.75) is 32.7 Å². The molecule has 4 rings (SSSR count). The summed E-state index contributed by atoms with van der Waals surface area (Å²) in [6.45, 7) is 4.68. The number of nitrogens with zero attached hydrogens (tertiary/aromatic N) is 3. The fourth-order valence-electron chi connectivity index (χ4n) is 3.59. The third-order valence-corrected chi connectivity index (χ3v) is 5.17. The largest absolute Gasteiger partial charge is 0.337 e. The van der Waals surface area contributed by atoms with Crippen LogP contribution in [0.15, 0.2) is 47.0 Å². The van der Waals surface area contributed by atoms with Crippen LogP contribution in [-0.2, 0) is 0 Å². The molecule has 1 aliphatic heterocycles. The first-order valence-corrected chi connectivity index (χ1v) is 9.38. The molecule has 0 spiro atoms. The molecule has 138 valence electrons. The normalized spacial score (nSPS) is 16.7. The maximum Gasteiger partial charge on any atom is 0.254 e. The molecule has 5 nitrogen and oxygen atoms in total. The third kappa shape index (κ3) is 3.47. The Morgan fingerprint density at radius 3 is 2.85 bits per heavy atom. The first kappa shape index (κ1) is 17.7. The molecule has 0 radical (unpaired) electrons. The van der Waals surface area contributed by atoms with E-state index in [4.69, 9.17) is 16.1 Å². The quantitative estimate of drug-likeness (QED) is 0.641. The second-order valence-electron chi connectivity index (χ2n) is 6.94. The van der Waals surface area contributed by atoms with Gasteiger partial charge in [-0.3, -0.25) is 4.79 Å². The third-order valence-electron chi connectivity index (χ3n) is 4.94. The van der Waals surface area contributed by atoms with Gasteiger partial charge in [0, 0.05) is 22.7 Å². The number of amides is 1. The molecule has 0 aliphatic carbocycles. The molecule has 1 fully saturated rings. The molecule has 6 heteroatoms. The highest BCUT2D eigenvalue weighted by Crippen LogP contribution is 2.34. The molecule has 1 aromatic heterocycles. The molecule has 0 saturated carbocycles. The second-order valence-corrected chi connectivity index (χ2v) is 7.38. The summed E-state index contributed by atoms with van der Waals surface area (Å²) in [4.78, 5) is 19.5. The van der Waals surface area contributed by atoms with Gasteiger partial charge in [-0.1, -0.05) is 46.6 Å². The number of likely N-dealkylation sites (tertiary alicyclic amines) is 1. The van der Waals surface area contributed by atoms with Crippen LogP contribution in [0.4, 0.5) is 0 Å². The van der Waals surface area contributed by atoms with E-state index in [2.05, 4.69) is 10.1 Å². The summed E-state index contributed by atoms with van der Waals surface area (Å²) >= 11 is 6.05. The van der Waals surface area contributed by atoms with E-state index in [0.717, 1.165) is 35.1 Å². The Bertz CT molecular complexity index is 999. The molecule has 0 unspecified atom stereocenters. The number of carbonyl (C=O) groups is 1. The van der Waals surface area contributed by atoms with Gasteiger partial charge in [0.15, 0.2) is 0 Å². The number of aromatic nitrogens is 2. The van der Waals surface area contributed by atoms with E-state index in [1.54, 1.807) is 12.1 Å². The van der Waals surface area contributed by atoms with Crippen molar-refractivity contribution in [1.82, 2.24) is 15.0 Å². The summed E-state index contributed by atoms with van der Waals surface area (Å²) in [5.74, 6) is 0.969. The number of carbonyl (C=O) groups excluding carboxylic acids is 1. The highest BCUT2D eigenvalue weighted by Gasteiger charge is 2.35. The fraction of sp³-hybridized carbons (Fsp3) is 0.286. The molecule has 1 atom stereocenters. The van der Waals surface area contributed by atoms with E-state index >= 15 is 0 Å². The Labute approximate surface area is 163 Å². The van der Waals surface area contributed by atoms with Crippen molar-refractivity contribution >= 4 is 17.5 Å². The standard InChI is InChI=1S/C21H20ClN3O2/c1-13-8-9-17(14(2)11-13)21(26)25-10-4-7-18(25)20-23-19(24-27-20)15-5-3-6-16(22)12-15/h3,5-6,8-9,11-12,18H,4,7,10H2,1-2H3/t18-/m0/s1. The summed E-state index contributed by atoms with van der Waals surface area (Å²) in [6, 6.07) is 13.0. The van der Waals surface area contributed by atoms with E-state index < -0.39 is 0 Å². The SMILES string of the molecule is Cc1ccc(C(=O)N2CCC[C@H]2c2nc(-c3cccc(Cl)c3)no2)c(C)c1. The van der Waals surface area contributed by atoms with Gasteiger partial charge >= 0.3 is 0 Å². The number of benzene rings is 2. The van der Waals surface area contributed by atoms with E-state index in [-0.39, 0.29) is 11.9 Å². The Morgan fingerprint density at radius 1 is 1.22 bits per heavy atom. The fourth-order valence-corrected chi connectivity index (χ4v) is 3.78. The summed E-state index contributed by atoms with van der Waals surface area (Å²) < 4.78 is 5.51. The number of rotatable bonds is 3. The van der Waals surface area contributed by atoms with Gasteiger partial charge in [0.05, 0.1) is 0 Å². The predicted octanol–water partition coefficient (Wildman–Crippen LogP) is 4.98. The monoisotopic (exact) mass is 381 g/mol. The highest BCUT2D eigenvalue weighted by molar-refractivity contribution is 6.30. The molecule has 0 bridgehead atoms. The number of hydrogen-bond donors (Lipinski definition) is 0. The van der Waals surface area contributed by atoms with Crippen LogP contribution < -0.4 is 0 Å². The van der Waals surface area contributed by atoms with Crippen LogP contribution in [0, 0.1) is 13.8 Å². The van der Waals surface area contributed by atoms with Crippen molar-refractivity contribution in [2.24, 2.45) is 0 Å². The maximum absolute atomic E-state index is 13.1. The zero-order chi connectivity index (χ0) is 19.0. The lowest BCUT2D eigenvalue weighted by Crippen LogP contribution is -2.31. The molecular weight excluding hydrogens is 362 g/mol. The highest BCUT2D eigenvalue weighted by atomic mass is 35.5. The molecule has 3 aromatic rings. The first-order valence-electron chi connectivity index (χ1n) is 9.00. The second kappa shape index (κ2) is 7.16. The van der Waals surface area contributed by atoms with Gasteiger partial charge in [0.2, 0.25) is 11.7 Å². The number of hydrogen-bond acceptors (Lipinski definition) is 4. The van der Waals surface area contributed by atoms with Crippen molar-refractivity contribution < 1.29 is 9.32 Å². The number of halogens is 1. The summed E-state index contributed by atoms with van der Waals surface area (Å²) in [7, 11) is 0. The Balaban J connectivity index is 1.61. The van der Waals surface area contributed by atoms with Crippen LogP contribution in [0.5, 0.6) is 0 Å². The van der Waals surface area contributed by atoms with Gasteiger partial charge in [0.1, 0.15) is 6.04 Å². The van der Waals surface area contributed by atoms with Gasteiger partial charge < -0.3 is 9.42 Å². The first-order chi connectivity index (χ1) is 13.0.